The van der Waals surface area contributed by atoms with Gasteiger partial charge >= 0.3 is 0 Å². The van der Waals surface area contributed by atoms with Crippen LogP contribution in [0, 0.1) is 12.8 Å². The van der Waals surface area contributed by atoms with Gasteiger partial charge in [0.2, 0.25) is 0 Å². The zero-order valence-corrected chi connectivity index (χ0v) is 13.0. The number of aliphatic hydroxyl groups excluding tert-OH is 1. The van der Waals surface area contributed by atoms with Gasteiger partial charge in [-0.25, -0.2) is 0 Å². The Morgan fingerprint density at radius 3 is 2.76 bits per heavy atom. The molecule has 3 N–H and O–H groups in total. The van der Waals surface area contributed by atoms with E-state index in [4.69, 9.17) is 0 Å². The van der Waals surface area contributed by atoms with Crippen LogP contribution in [0.15, 0.2) is 12.1 Å². The molecule has 0 aliphatic carbocycles. The smallest absolute Gasteiger partial charge is 0.138 e. The Morgan fingerprint density at radius 1 is 1.38 bits per heavy atom. The predicted molar refractivity (Wildman–Crippen MR) is 83.2 cm³/mol. The van der Waals surface area contributed by atoms with Gasteiger partial charge in [-0.1, -0.05) is 0 Å². The Kier molecular flexibility index (Phi) is 5.96. The fraction of sp³-hybridized carbons (Fsp3) is 0.688. The molecule has 1 fully saturated rings. The Morgan fingerprint density at radius 2 is 2.10 bits per heavy atom. The lowest BCUT2D eigenvalue weighted by Gasteiger charge is -2.32. The molecule has 5 nitrogen and oxygen atoms in total. The summed E-state index contributed by atoms with van der Waals surface area (Å²) in [5.74, 6) is 0.932. The van der Waals surface area contributed by atoms with Gasteiger partial charge in [0.25, 0.3) is 0 Å². The molecule has 0 amide bonds. The van der Waals surface area contributed by atoms with Crippen LogP contribution in [0.3, 0.4) is 0 Å². The highest BCUT2D eigenvalue weighted by Gasteiger charge is 2.19. The van der Waals surface area contributed by atoms with Crippen molar-refractivity contribution >= 4 is 0 Å². The van der Waals surface area contributed by atoms with Crippen molar-refractivity contribution in [2.24, 2.45) is 5.92 Å². The van der Waals surface area contributed by atoms with E-state index in [0.717, 1.165) is 50.4 Å². The summed E-state index contributed by atoms with van der Waals surface area (Å²) in [4.78, 5) is 6.68. The highest BCUT2D eigenvalue weighted by Crippen LogP contribution is 2.18. The van der Waals surface area contributed by atoms with Gasteiger partial charge in [0, 0.05) is 18.8 Å². The molecule has 1 aromatic rings. The van der Waals surface area contributed by atoms with Crippen molar-refractivity contribution in [3.05, 3.63) is 23.5 Å². The monoisotopic (exact) mass is 293 g/mol. The lowest BCUT2D eigenvalue weighted by molar-refractivity contribution is 0.0998. The Balaban J connectivity index is 1.69. The largest absolute Gasteiger partial charge is 0.506 e. The van der Waals surface area contributed by atoms with Crippen molar-refractivity contribution in [2.45, 2.75) is 39.3 Å². The van der Waals surface area contributed by atoms with Crippen molar-refractivity contribution < 1.29 is 10.2 Å². The van der Waals surface area contributed by atoms with E-state index in [0.29, 0.717) is 12.5 Å². The summed E-state index contributed by atoms with van der Waals surface area (Å²) in [5, 5.41) is 22.6. The average molecular weight is 293 g/mol. The van der Waals surface area contributed by atoms with Crippen molar-refractivity contribution in [2.75, 3.05) is 26.2 Å². The topological polar surface area (TPSA) is 68.6 Å². The minimum Gasteiger partial charge on any atom is -0.506 e. The summed E-state index contributed by atoms with van der Waals surface area (Å²) in [5.41, 5.74) is 1.65. The fourth-order valence-electron chi connectivity index (χ4n) is 2.87. The number of piperidine rings is 1. The molecule has 0 aromatic carbocycles. The number of aryl methyl sites for hydroxylation is 1. The molecule has 21 heavy (non-hydrogen) atoms. The van der Waals surface area contributed by atoms with Crippen LogP contribution in [0.25, 0.3) is 0 Å². The molecular formula is C16H27N3O2. The van der Waals surface area contributed by atoms with Crippen molar-refractivity contribution in [3.63, 3.8) is 0 Å². The quantitative estimate of drug-likeness (QED) is 0.737. The molecule has 1 aromatic heterocycles. The van der Waals surface area contributed by atoms with E-state index < -0.39 is 0 Å². The minimum absolute atomic E-state index is 0.241. The summed E-state index contributed by atoms with van der Waals surface area (Å²) < 4.78 is 0. The number of hydrogen-bond donors (Lipinski definition) is 3. The van der Waals surface area contributed by atoms with Crippen LogP contribution in [0.4, 0.5) is 0 Å². The van der Waals surface area contributed by atoms with E-state index in [2.05, 4.69) is 15.2 Å². The van der Waals surface area contributed by atoms with Gasteiger partial charge in [-0.3, -0.25) is 4.98 Å². The second-order valence-electron chi connectivity index (χ2n) is 6.14. The highest BCUT2D eigenvalue weighted by molar-refractivity contribution is 5.27. The summed E-state index contributed by atoms with van der Waals surface area (Å²) in [7, 11) is 0. The molecule has 0 bridgehead atoms. The first-order valence-corrected chi connectivity index (χ1v) is 7.81. The van der Waals surface area contributed by atoms with Crippen LogP contribution in [0.2, 0.25) is 0 Å². The Labute approximate surface area is 127 Å². The fourth-order valence-corrected chi connectivity index (χ4v) is 2.87. The molecule has 0 unspecified atom stereocenters. The lowest BCUT2D eigenvalue weighted by Crippen LogP contribution is -2.40. The number of likely N-dealkylation sites (tertiary alicyclic amines) is 1. The van der Waals surface area contributed by atoms with Gasteiger partial charge in [0.05, 0.1) is 11.8 Å². The third kappa shape index (κ3) is 5.26. The van der Waals surface area contributed by atoms with E-state index in [1.807, 2.05) is 19.9 Å². The first-order valence-electron chi connectivity index (χ1n) is 7.81. The molecule has 1 aliphatic heterocycles. The molecule has 118 valence electrons. The van der Waals surface area contributed by atoms with Gasteiger partial charge in [-0.2, -0.15) is 0 Å². The number of β-amino-alcohol motifs (C(OH)–C–C–N with tert-alkyl or cyclic N) is 1. The SMILES string of the molecule is Cc1ccc(O)c(CNCC2CCN(C[C@@H](C)O)CC2)n1. The molecule has 1 saturated heterocycles. The molecule has 0 spiro atoms. The van der Waals surface area contributed by atoms with E-state index in [-0.39, 0.29) is 11.9 Å². The van der Waals surface area contributed by atoms with Crippen molar-refractivity contribution in [1.29, 1.82) is 0 Å². The average Bonchev–Trinajstić information content (AvgIpc) is 2.44. The molecule has 2 heterocycles. The number of pyridine rings is 1. The normalized spacial score (nSPS) is 18.8. The molecule has 1 aliphatic rings. The second-order valence-corrected chi connectivity index (χ2v) is 6.14. The maximum absolute atomic E-state index is 9.76. The van der Waals surface area contributed by atoms with Gasteiger partial charge in [-0.15, -0.1) is 0 Å². The number of aliphatic hydroxyl groups is 1. The molecule has 1 atom stereocenters. The Bertz CT molecular complexity index is 443. The third-order valence-electron chi connectivity index (χ3n) is 4.04. The van der Waals surface area contributed by atoms with Crippen LogP contribution < -0.4 is 5.32 Å². The second kappa shape index (κ2) is 7.73. The first kappa shape index (κ1) is 16.2. The summed E-state index contributed by atoms with van der Waals surface area (Å²) in [6, 6.07) is 3.52. The number of rotatable bonds is 6. The highest BCUT2D eigenvalue weighted by atomic mass is 16.3. The maximum Gasteiger partial charge on any atom is 0.138 e. The number of nitrogens with zero attached hydrogens (tertiary/aromatic N) is 2. The van der Waals surface area contributed by atoms with E-state index in [1.165, 1.54) is 0 Å². The molecular weight excluding hydrogens is 266 g/mol. The first-order chi connectivity index (χ1) is 10.0. The van der Waals surface area contributed by atoms with Gasteiger partial charge in [0.1, 0.15) is 5.75 Å². The summed E-state index contributed by atoms with van der Waals surface area (Å²) in [6.07, 6.45) is 2.08. The molecule has 5 heteroatoms. The molecule has 0 radical (unpaired) electrons. The predicted octanol–water partition coefficient (Wildman–Crippen LogP) is 1.28. The van der Waals surface area contributed by atoms with Gasteiger partial charge < -0.3 is 20.4 Å². The van der Waals surface area contributed by atoms with Crippen LogP contribution in [0.5, 0.6) is 5.75 Å². The number of hydrogen-bond acceptors (Lipinski definition) is 5. The number of nitrogens with one attached hydrogen (secondary N) is 1. The standard InChI is InChI=1S/C16H27N3O2/c1-12-3-4-16(21)15(18-12)10-17-9-14-5-7-19(8-6-14)11-13(2)20/h3-4,13-14,17,20-21H,5-11H2,1-2H3/t13-/m1/s1. The zero-order chi connectivity index (χ0) is 15.2. The van der Waals surface area contributed by atoms with Crippen LogP contribution in [0.1, 0.15) is 31.2 Å². The number of aromatic nitrogens is 1. The van der Waals surface area contributed by atoms with E-state index in [1.54, 1.807) is 6.07 Å². The van der Waals surface area contributed by atoms with Gasteiger partial charge in [0.15, 0.2) is 0 Å². The minimum atomic E-state index is -0.241. The number of aromatic hydroxyl groups is 1. The van der Waals surface area contributed by atoms with Gasteiger partial charge in [-0.05, 0) is 64.4 Å². The van der Waals surface area contributed by atoms with Crippen LogP contribution in [-0.2, 0) is 6.54 Å². The maximum atomic E-state index is 9.76. The van der Waals surface area contributed by atoms with E-state index in [9.17, 15) is 10.2 Å². The molecule has 2 rings (SSSR count). The van der Waals surface area contributed by atoms with Crippen molar-refractivity contribution in [1.82, 2.24) is 15.2 Å². The lowest BCUT2D eigenvalue weighted by atomic mass is 9.96. The Hall–Kier alpha value is -1.17. The van der Waals surface area contributed by atoms with Crippen molar-refractivity contribution in [3.8, 4) is 5.75 Å². The summed E-state index contributed by atoms with van der Waals surface area (Å²) in [6.45, 7) is 8.24. The zero-order valence-electron chi connectivity index (χ0n) is 13.0. The van der Waals surface area contributed by atoms with Crippen LogP contribution in [-0.4, -0.2) is 52.4 Å². The third-order valence-corrected chi connectivity index (χ3v) is 4.04. The summed E-state index contributed by atoms with van der Waals surface area (Å²) >= 11 is 0. The molecule has 0 saturated carbocycles. The van der Waals surface area contributed by atoms with E-state index >= 15 is 0 Å². The van der Waals surface area contributed by atoms with Crippen LogP contribution >= 0.6 is 0 Å².